The molecule has 0 aliphatic heterocycles. The zero-order valence-electron chi connectivity index (χ0n) is 12.1. The average Bonchev–Trinajstić information content (AvgIpc) is 3.08. The lowest BCUT2D eigenvalue weighted by atomic mass is 10.0. The molecule has 106 valence electrons. The Hall–Kier alpha value is -2.39. The summed E-state index contributed by atoms with van der Waals surface area (Å²) in [5, 5.41) is 3.47. The van der Waals surface area contributed by atoms with Crippen molar-refractivity contribution in [2.45, 2.75) is 19.5 Å². The van der Waals surface area contributed by atoms with Gasteiger partial charge >= 0.3 is 0 Å². The van der Waals surface area contributed by atoms with Crippen LogP contribution in [-0.4, -0.2) is 9.97 Å². The van der Waals surface area contributed by atoms with E-state index in [4.69, 9.17) is 0 Å². The van der Waals surface area contributed by atoms with Crippen molar-refractivity contribution in [2.75, 3.05) is 0 Å². The van der Waals surface area contributed by atoms with E-state index in [0.717, 1.165) is 12.4 Å². The third-order valence-corrected chi connectivity index (χ3v) is 3.60. The van der Waals surface area contributed by atoms with Gasteiger partial charge in [0.2, 0.25) is 0 Å². The summed E-state index contributed by atoms with van der Waals surface area (Å²) in [4.78, 5) is 7.39. The molecule has 1 atom stereocenters. The Morgan fingerprint density at radius 3 is 2.38 bits per heavy atom. The predicted molar refractivity (Wildman–Crippen MR) is 85.7 cm³/mol. The van der Waals surface area contributed by atoms with Crippen LogP contribution in [-0.2, 0) is 6.54 Å². The van der Waals surface area contributed by atoms with Gasteiger partial charge in [0.1, 0.15) is 5.82 Å². The fourth-order valence-electron chi connectivity index (χ4n) is 2.33. The molecule has 0 fully saturated rings. The van der Waals surface area contributed by atoms with Crippen LogP contribution in [0.4, 0.5) is 0 Å². The maximum absolute atomic E-state index is 4.26. The Morgan fingerprint density at radius 2 is 1.71 bits per heavy atom. The molecule has 3 rings (SSSR count). The molecule has 21 heavy (non-hydrogen) atoms. The lowest BCUT2D eigenvalue weighted by Crippen LogP contribution is -2.19. The number of H-pyrrole nitrogens is 1. The van der Waals surface area contributed by atoms with Crippen molar-refractivity contribution in [3.05, 3.63) is 78.4 Å². The Bertz CT molecular complexity index is 657. The van der Waals surface area contributed by atoms with Gasteiger partial charge in [0.25, 0.3) is 0 Å². The first-order chi connectivity index (χ1) is 10.3. The number of imidazole rings is 1. The second-order valence-corrected chi connectivity index (χ2v) is 5.14. The number of benzene rings is 2. The number of hydrogen-bond donors (Lipinski definition) is 2. The van der Waals surface area contributed by atoms with Gasteiger partial charge in [-0.3, -0.25) is 0 Å². The van der Waals surface area contributed by atoms with E-state index in [-0.39, 0.29) is 6.04 Å². The monoisotopic (exact) mass is 277 g/mol. The zero-order chi connectivity index (χ0) is 14.5. The van der Waals surface area contributed by atoms with Crippen molar-refractivity contribution in [3.63, 3.8) is 0 Å². The summed E-state index contributed by atoms with van der Waals surface area (Å²) >= 11 is 0. The Balaban J connectivity index is 1.62. The zero-order valence-corrected chi connectivity index (χ0v) is 12.1. The molecule has 1 aromatic heterocycles. The SMILES string of the molecule is CC(NCc1ccc(-c2ccccc2)cc1)c1ncc[nH]1. The van der Waals surface area contributed by atoms with E-state index in [1.165, 1.54) is 16.7 Å². The predicted octanol–water partition coefficient (Wildman–Crippen LogP) is 3.93. The van der Waals surface area contributed by atoms with Gasteiger partial charge in [-0.1, -0.05) is 54.6 Å². The molecule has 0 saturated heterocycles. The highest BCUT2D eigenvalue weighted by Crippen LogP contribution is 2.19. The molecular formula is C18H19N3. The summed E-state index contributed by atoms with van der Waals surface area (Å²) in [5.74, 6) is 0.968. The highest BCUT2D eigenvalue weighted by Gasteiger charge is 2.06. The number of nitrogens with zero attached hydrogens (tertiary/aromatic N) is 1. The summed E-state index contributed by atoms with van der Waals surface area (Å²) in [5.41, 5.74) is 3.77. The third kappa shape index (κ3) is 3.38. The fourth-order valence-corrected chi connectivity index (χ4v) is 2.33. The number of nitrogens with one attached hydrogen (secondary N) is 2. The lowest BCUT2D eigenvalue weighted by molar-refractivity contribution is 0.551. The van der Waals surface area contributed by atoms with Crippen molar-refractivity contribution >= 4 is 0 Å². The molecule has 2 aromatic carbocycles. The van der Waals surface area contributed by atoms with Crippen LogP contribution < -0.4 is 5.32 Å². The van der Waals surface area contributed by atoms with Gasteiger partial charge in [-0.15, -0.1) is 0 Å². The summed E-state index contributed by atoms with van der Waals surface area (Å²) in [6.07, 6.45) is 3.63. The van der Waals surface area contributed by atoms with E-state index in [1.807, 2.05) is 12.3 Å². The standard InChI is InChI=1S/C18H19N3/c1-14(18-19-11-12-20-18)21-13-15-7-9-17(10-8-15)16-5-3-2-4-6-16/h2-12,14,21H,13H2,1H3,(H,19,20). The summed E-state index contributed by atoms with van der Waals surface area (Å²) in [6, 6.07) is 19.3. The molecule has 3 heteroatoms. The number of rotatable bonds is 5. The second-order valence-electron chi connectivity index (χ2n) is 5.14. The largest absolute Gasteiger partial charge is 0.347 e. The molecule has 3 aromatic rings. The molecule has 3 nitrogen and oxygen atoms in total. The molecule has 0 saturated carbocycles. The van der Waals surface area contributed by atoms with Crippen LogP contribution in [0.15, 0.2) is 67.0 Å². The molecule has 0 amide bonds. The summed E-state index contributed by atoms with van der Waals surface area (Å²) in [6.45, 7) is 2.94. The quantitative estimate of drug-likeness (QED) is 0.742. The van der Waals surface area contributed by atoms with Crippen LogP contribution in [0.1, 0.15) is 24.4 Å². The molecule has 0 bridgehead atoms. The lowest BCUT2D eigenvalue weighted by Gasteiger charge is -2.11. The van der Waals surface area contributed by atoms with Crippen molar-refractivity contribution in [2.24, 2.45) is 0 Å². The van der Waals surface area contributed by atoms with E-state index in [0.29, 0.717) is 0 Å². The molecule has 0 radical (unpaired) electrons. The topological polar surface area (TPSA) is 40.7 Å². The highest BCUT2D eigenvalue weighted by molar-refractivity contribution is 5.63. The van der Waals surface area contributed by atoms with Crippen LogP contribution in [0.3, 0.4) is 0 Å². The normalized spacial score (nSPS) is 12.2. The molecule has 0 aliphatic rings. The van der Waals surface area contributed by atoms with Crippen molar-refractivity contribution in [1.29, 1.82) is 0 Å². The van der Waals surface area contributed by atoms with Gasteiger partial charge in [-0.2, -0.15) is 0 Å². The van der Waals surface area contributed by atoms with Gasteiger partial charge in [0.15, 0.2) is 0 Å². The van der Waals surface area contributed by atoms with Gasteiger partial charge in [0, 0.05) is 18.9 Å². The van der Waals surface area contributed by atoms with E-state index >= 15 is 0 Å². The number of aromatic amines is 1. The van der Waals surface area contributed by atoms with Crippen LogP contribution in [0.2, 0.25) is 0 Å². The Labute approximate surface area is 125 Å². The highest BCUT2D eigenvalue weighted by atomic mass is 15.0. The maximum Gasteiger partial charge on any atom is 0.122 e. The van der Waals surface area contributed by atoms with Crippen molar-refractivity contribution in [3.8, 4) is 11.1 Å². The molecule has 1 unspecified atom stereocenters. The molecular weight excluding hydrogens is 258 g/mol. The summed E-state index contributed by atoms with van der Waals surface area (Å²) < 4.78 is 0. The molecule has 2 N–H and O–H groups in total. The molecule has 0 aliphatic carbocycles. The molecule has 1 heterocycles. The minimum atomic E-state index is 0.216. The van der Waals surface area contributed by atoms with E-state index in [1.54, 1.807) is 6.20 Å². The first-order valence-electron chi connectivity index (χ1n) is 7.20. The van der Waals surface area contributed by atoms with Gasteiger partial charge in [-0.25, -0.2) is 4.98 Å². The number of hydrogen-bond acceptors (Lipinski definition) is 2. The van der Waals surface area contributed by atoms with Crippen LogP contribution in [0.25, 0.3) is 11.1 Å². The van der Waals surface area contributed by atoms with Crippen LogP contribution >= 0.6 is 0 Å². The van der Waals surface area contributed by atoms with Crippen molar-refractivity contribution < 1.29 is 0 Å². The fraction of sp³-hybridized carbons (Fsp3) is 0.167. The van der Waals surface area contributed by atoms with E-state index in [2.05, 4.69) is 70.7 Å². The summed E-state index contributed by atoms with van der Waals surface area (Å²) in [7, 11) is 0. The second kappa shape index (κ2) is 6.37. The van der Waals surface area contributed by atoms with Crippen LogP contribution in [0, 0.1) is 0 Å². The van der Waals surface area contributed by atoms with E-state index in [9.17, 15) is 0 Å². The number of aromatic nitrogens is 2. The average molecular weight is 277 g/mol. The Kier molecular flexibility index (Phi) is 4.12. The van der Waals surface area contributed by atoms with Gasteiger partial charge in [-0.05, 0) is 23.6 Å². The molecule has 0 spiro atoms. The first kappa shape index (κ1) is 13.6. The first-order valence-corrected chi connectivity index (χ1v) is 7.20. The minimum absolute atomic E-state index is 0.216. The smallest absolute Gasteiger partial charge is 0.122 e. The maximum atomic E-state index is 4.26. The third-order valence-electron chi connectivity index (χ3n) is 3.60. The van der Waals surface area contributed by atoms with Gasteiger partial charge < -0.3 is 10.3 Å². The Morgan fingerprint density at radius 1 is 1.00 bits per heavy atom. The van der Waals surface area contributed by atoms with Crippen molar-refractivity contribution in [1.82, 2.24) is 15.3 Å². The van der Waals surface area contributed by atoms with E-state index < -0.39 is 0 Å². The van der Waals surface area contributed by atoms with Crippen LogP contribution in [0.5, 0.6) is 0 Å². The minimum Gasteiger partial charge on any atom is -0.347 e. The van der Waals surface area contributed by atoms with Gasteiger partial charge in [0.05, 0.1) is 6.04 Å².